The quantitative estimate of drug-likeness (QED) is 0.927. The maximum absolute atomic E-state index is 11.9. The van der Waals surface area contributed by atoms with Gasteiger partial charge in [-0.15, -0.1) is 0 Å². The zero-order valence-electron chi connectivity index (χ0n) is 10.3. The van der Waals surface area contributed by atoms with Crippen LogP contribution in [0.3, 0.4) is 0 Å². The van der Waals surface area contributed by atoms with Crippen LogP contribution in [0.15, 0.2) is 16.8 Å². The Balaban J connectivity index is 2.09. The van der Waals surface area contributed by atoms with E-state index in [1.165, 1.54) is 4.68 Å². The fraction of sp³-hybridized carbons (Fsp3) is 0.364. The molecule has 0 aliphatic heterocycles. The smallest absolute Gasteiger partial charge is 0.250 e. The third-order valence-corrected chi connectivity index (χ3v) is 2.88. The van der Waals surface area contributed by atoms with Gasteiger partial charge >= 0.3 is 0 Å². The minimum atomic E-state index is -0.479. The van der Waals surface area contributed by atoms with Gasteiger partial charge in [0.1, 0.15) is 11.8 Å². The molecule has 1 atom stereocenters. The van der Waals surface area contributed by atoms with Crippen molar-refractivity contribution < 1.29 is 9.32 Å². The Labute approximate surface area is 109 Å². The van der Waals surface area contributed by atoms with Crippen molar-refractivity contribution in [1.82, 2.24) is 14.9 Å². The van der Waals surface area contributed by atoms with E-state index in [1.54, 1.807) is 33.0 Å². The number of carbonyl (C=O) groups is 1. The predicted octanol–water partition coefficient (Wildman–Crippen LogP) is 2.34. The maximum Gasteiger partial charge on any atom is 0.250 e. The normalized spacial score (nSPS) is 12.4. The third-order valence-electron chi connectivity index (χ3n) is 2.51. The molecule has 0 unspecified atom stereocenters. The summed E-state index contributed by atoms with van der Waals surface area (Å²) in [5, 5.41) is 11.0. The number of rotatable bonds is 3. The molecule has 1 N–H and O–H groups in total. The zero-order valence-corrected chi connectivity index (χ0v) is 11.0. The summed E-state index contributed by atoms with van der Waals surface area (Å²) in [6, 6.07) is 1.17. The van der Waals surface area contributed by atoms with Gasteiger partial charge in [-0.3, -0.25) is 9.48 Å². The van der Waals surface area contributed by atoms with Crippen LogP contribution in [0.1, 0.15) is 24.4 Å². The molecule has 0 bridgehead atoms. The molecular formula is C11H13ClN4O2. The van der Waals surface area contributed by atoms with Crippen LogP contribution in [-0.2, 0) is 4.79 Å². The average molecular weight is 269 g/mol. The Morgan fingerprint density at radius 3 is 2.78 bits per heavy atom. The van der Waals surface area contributed by atoms with E-state index in [1.807, 2.05) is 0 Å². The number of hydrogen-bond acceptors (Lipinski definition) is 4. The highest BCUT2D eigenvalue weighted by Gasteiger charge is 2.18. The lowest BCUT2D eigenvalue weighted by molar-refractivity contribution is -0.119. The van der Waals surface area contributed by atoms with Crippen molar-refractivity contribution in [3.63, 3.8) is 0 Å². The SMILES string of the molecule is Cc1cc(NC(=O)[C@@H](C)n2cc(Cl)c(C)n2)no1. The van der Waals surface area contributed by atoms with E-state index in [4.69, 9.17) is 16.1 Å². The Morgan fingerprint density at radius 2 is 2.28 bits per heavy atom. The van der Waals surface area contributed by atoms with Gasteiger partial charge in [-0.05, 0) is 20.8 Å². The summed E-state index contributed by atoms with van der Waals surface area (Å²) in [5.74, 6) is 0.790. The highest BCUT2D eigenvalue weighted by Crippen LogP contribution is 2.17. The summed E-state index contributed by atoms with van der Waals surface area (Å²) < 4.78 is 6.38. The lowest BCUT2D eigenvalue weighted by atomic mass is 10.3. The van der Waals surface area contributed by atoms with Crippen molar-refractivity contribution in [2.24, 2.45) is 0 Å². The summed E-state index contributed by atoms with van der Waals surface area (Å²) in [6.45, 7) is 5.26. The topological polar surface area (TPSA) is 73.0 Å². The minimum Gasteiger partial charge on any atom is -0.360 e. The van der Waals surface area contributed by atoms with Crippen LogP contribution in [0.4, 0.5) is 5.82 Å². The average Bonchev–Trinajstić information content (AvgIpc) is 2.85. The van der Waals surface area contributed by atoms with Crippen LogP contribution in [0, 0.1) is 13.8 Å². The number of amides is 1. The number of nitrogens with zero attached hydrogens (tertiary/aromatic N) is 3. The van der Waals surface area contributed by atoms with Gasteiger partial charge in [0.15, 0.2) is 5.82 Å². The van der Waals surface area contributed by atoms with Crippen LogP contribution < -0.4 is 5.32 Å². The monoisotopic (exact) mass is 268 g/mol. The molecule has 2 aromatic heterocycles. The number of hydrogen-bond donors (Lipinski definition) is 1. The van der Waals surface area contributed by atoms with Gasteiger partial charge in [0.2, 0.25) is 5.91 Å². The predicted molar refractivity (Wildman–Crippen MR) is 66.6 cm³/mol. The molecular weight excluding hydrogens is 256 g/mol. The summed E-state index contributed by atoms with van der Waals surface area (Å²) in [6.07, 6.45) is 1.62. The van der Waals surface area contributed by atoms with Gasteiger partial charge in [-0.2, -0.15) is 5.10 Å². The molecule has 0 radical (unpaired) electrons. The molecule has 0 aliphatic rings. The fourth-order valence-electron chi connectivity index (χ4n) is 1.43. The lowest BCUT2D eigenvalue weighted by Crippen LogP contribution is -2.24. The molecule has 7 heteroatoms. The molecule has 2 aromatic rings. The van der Waals surface area contributed by atoms with Crippen molar-refractivity contribution in [2.75, 3.05) is 5.32 Å². The van der Waals surface area contributed by atoms with Gasteiger partial charge in [0.05, 0.1) is 10.7 Å². The van der Waals surface area contributed by atoms with Crippen molar-refractivity contribution in [2.45, 2.75) is 26.8 Å². The van der Waals surface area contributed by atoms with Gasteiger partial charge in [-0.1, -0.05) is 16.8 Å². The molecule has 0 aliphatic carbocycles. The van der Waals surface area contributed by atoms with E-state index >= 15 is 0 Å². The summed E-state index contributed by atoms with van der Waals surface area (Å²) in [4.78, 5) is 11.9. The molecule has 18 heavy (non-hydrogen) atoms. The van der Waals surface area contributed by atoms with Gasteiger partial charge < -0.3 is 9.84 Å². The van der Waals surface area contributed by atoms with Crippen molar-refractivity contribution in [1.29, 1.82) is 0 Å². The molecule has 96 valence electrons. The number of aromatic nitrogens is 3. The second kappa shape index (κ2) is 4.81. The Bertz CT molecular complexity index is 556. The van der Waals surface area contributed by atoms with E-state index in [0.29, 0.717) is 22.3 Å². The molecule has 0 spiro atoms. The number of aryl methyl sites for hydroxylation is 2. The van der Waals surface area contributed by atoms with E-state index in [9.17, 15) is 4.79 Å². The van der Waals surface area contributed by atoms with E-state index in [2.05, 4.69) is 15.6 Å². The molecule has 2 rings (SSSR count). The number of nitrogens with one attached hydrogen (secondary N) is 1. The molecule has 1 amide bonds. The van der Waals surface area contributed by atoms with Gasteiger partial charge in [-0.25, -0.2) is 0 Å². The number of anilines is 1. The van der Waals surface area contributed by atoms with E-state index in [0.717, 1.165) is 0 Å². The van der Waals surface area contributed by atoms with Crippen LogP contribution in [0.5, 0.6) is 0 Å². The summed E-state index contributed by atoms with van der Waals surface area (Å²) >= 11 is 5.90. The highest BCUT2D eigenvalue weighted by atomic mass is 35.5. The number of halogens is 1. The Hall–Kier alpha value is -1.82. The zero-order chi connectivity index (χ0) is 13.3. The first-order valence-electron chi connectivity index (χ1n) is 5.43. The van der Waals surface area contributed by atoms with Crippen molar-refractivity contribution in [3.8, 4) is 0 Å². The Kier molecular flexibility index (Phi) is 3.38. The lowest BCUT2D eigenvalue weighted by Gasteiger charge is -2.10. The molecule has 0 saturated heterocycles. The standard InChI is InChI=1S/C11H13ClN4O2/c1-6-4-10(15-18-6)13-11(17)8(3)16-5-9(12)7(2)14-16/h4-5,8H,1-3H3,(H,13,15,17)/t8-/m1/s1. The minimum absolute atomic E-state index is 0.234. The first kappa shape index (κ1) is 12.6. The third kappa shape index (κ3) is 2.53. The first-order chi connectivity index (χ1) is 8.47. The summed E-state index contributed by atoms with van der Waals surface area (Å²) in [5.41, 5.74) is 0.689. The number of carbonyl (C=O) groups excluding carboxylic acids is 1. The Morgan fingerprint density at radius 1 is 1.56 bits per heavy atom. The molecule has 2 heterocycles. The second-order valence-electron chi connectivity index (χ2n) is 4.03. The fourth-order valence-corrected chi connectivity index (χ4v) is 1.57. The molecule has 0 aromatic carbocycles. The van der Waals surface area contributed by atoms with Crippen molar-refractivity contribution >= 4 is 23.3 Å². The first-order valence-corrected chi connectivity index (χ1v) is 5.80. The van der Waals surface area contributed by atoms with E-state index < -0.39 is 6.04 Å². The highest BCUT2D eigenvalue weighted by molar-refractivity contribution is 6.31. The van der Waals surface area contributed by atoms with Crippen LogP contribution in [-0.4, -0.2) is 20.8 Å². The maximum atomic E-state index is 11.9. The van der Waals surface area contributed by atoms with E-state index in [-0.39, 0.29) is 5.91 Å². The summed E-state index contributed by atoms with van der Waals surface area (Å²) in [7, 11) is 0. The molecule has 0 fully saturated rings. The van der Waals surface area contributed by atoms with Crippen LogP contribution >= 0.6 is 11.6 Å². The largest absolute Gasteiger partial charge is 0.360 e. The van der Waals surface area contributed by atoms with Crippen molar-refractivity contribution in [3.05, 3.63) is 28.7 Å². The van der Waals surface area contributed by atoms with Crippen LogP contribution in [0.25, 0.3) is 0 Å². The van der Waals surface area contributed by atoms with Gasteiger partial charge in [0.25, 0.3) is 0 Å². The van der Waals surface area contributed by atoms with Crippen LogP contribution in [0.2, 0.25) is 5.02 Å². The second-order valence-corrected chi connectivity index (χ2v) is 4.44. The molecule has 6 nitrogen and oxygen atoms in total. The molecule has 0 saturated carbocycles. The van der Waals surface area contributed by atoms with Gasteiger partial charge in [0, 0.05) is 12.3 Å².